The number of aromatic nitrogens is 15. The van der Waals surface area contributed by atoms with Gasteiger partial charge in [-0.3, -0.25) is 13.2 Å². The smallest absolute Gasteiger partial charge is 0.342 e. The Balaban J connectivity index is 0.000000119. The van der Waals surface area contributed by atoms with Crippen LogP contribution in [0.4, 0.5) is 0 Å². The van der Waals surface area contributed by atoms with E-state index in [1.165, 1.54) is 39.7 Å². The van der Waals surface area contributed by atoms with Crippen LogP contribution in [-0.4, -0.2) is 109 Å². The van der Waals surface area contributed by atoms with Crippen LogP contribution in [0.25, 0.3) is 84.6 Å². The average molecular weight is 1200 g/mol. The third kappa shape index (κ3) is 10.1. The fourth-order valence-corrected chi connectivity index (χ4v) is 11.3. The molecule has 0 aliphatic heterocycles. The van der Waals surface area contributed by atoms with E-state index in [2.05, 4.69) is 103 Å². The summed E-state index contributed by atoms with van der Waals surface area (Å²) in [7, 11) is 1.25. The van der Waals surface area contributed by atoms with Crippen molar-refractivity contribution in [3.8, 4) is 34.2 Å². The number of nitrogens with zero attached hydrogens (tertiary/aromatic N) is 15. The third-order valence-corrected chi connectivity index (χ3v) is 17.0. The summed E-state index contributed by atoms with van der Waals surface area (Å²) in [5, 5.41) is 57.4. The topological polar surface area (TPSA) is 255 Å². The zero-order chi connectivity index (χ0) is 59.4. The van der Waals surface area contributed by atoms with Crippen molar-refractivity contribution in [3.63, 3.8) is 0 Å². The zero-order valence-electron chi connectivity index (χ0n) is 48.6. The third-order valence-electron chi connectivity index (χ3n) is 16.5. The van der Waals surface area contributed by atoms with Crippen LogP contribution in [0.5, 0.6) is 0 Å². The van der Waals surface area contributed by atoms with Crippen molar-refractivity contribution in [2.75, 3.05) is 13.7 Å². The molecule has 3 aromatic carbocycles. The predicted octanol–water partition coefficient (Wildman–Crippen LogP) is 10.8. The molecule has 0 radical (unpaired) electrons. The van der Waals surface area contributed by atoms with Crippen LogP contribution in [0, 0.1) is 41.5 Å². The molecule has 430 valence electrons. The van der Waals surface area contributed by atoms with Crippen molar-refractivity contribution in [1.29, 1.82) is 0 Å². The second-order valence-electron chi connectivity index (χ2n) is 23.2. The first-order valence-corrected chi connectivity index (χ1v) is 29.3. The highest BCUT2D eigenvalue weighted by Gasteiger charge is 2.35. The number of halogens is 1. The van der Waals surface area contributed by atoms with E-state index in [1.807, 2.05) is 92.0 Å². The molecular weight excluding hydrogens is 1140 g/mol. The number of benzene rings is 3. The highest BCUT2D eigenvalue weighted by atomic mass is 79.9. The van der Waals surface area contributed by atoms with Crippen molar-refractivity contribution in [2.45, 2.75) is 123 Å². The Kier molecular flexibility index (Phi) is 13.8. The number of pyridine rings is 3. The zero-order valence-corrected chi connectivity index (χ0v) is 50.2. The van der Waals surface area contributed by atoms with Gasteiger partial charge in [0.05, 0.1) is 30.8 Å². The number of aliphatic hydroxyl groups excluding tert-OH is 1. The van der Waals surface area contributed by atoms with Crippen molar-refractivity contribution in [2.24, 2.45) is 0 Å². The molecule has 85 heavy (non-hydrogen) atoms. The summed E-state index contributed by atoms with van der Waals surface area (Å²) < 4.78 is 11.7. The van der Waals surface area contributed by atoms with Gasteiger partial charge in [0, 0.05) is 56.0 Å². The summed E-state index contributed by atoms with van der Waals surface area (Å²) in [6.07, 6.45) is 7.10. The quantitative estimate of drug-likeness (QED) is 0.108. The Morgan fingerprint density at radius 3 is 1.21 bits per heavy atom. The van der Waals surface area contributed by atoms with E-state index in [9.17, 15) is 20.1 Å². The molecule has 9 aromatic heterocycles. The van der Waals surface area contributed by atoms with Gasteiger partial charge in [0.1, 0.15) is 22.2 Å². The van der Waals surface area contributed by atoms with Gasteiger partial charge < -0.3 is 20.1 Å². The van der Waals surface area contributed by atoms with Crippen molar-refractivity contribution >= 4 is 72.3 Å². The number of ether oxygens (including phenoxy) is 1. The van der Waals surface area contributed by atoms with Gasteiger partial charge in [0.15, 0.2) is 57.0 Å². The highest BCUT2D eigenvalue weighted by molar-refractivity contribution is 9.10. The van der Waals surface area contributed by atoms with Gasteiger partial charge in [0.2, 0.25) is 0 Å². The lowest BCUT2D eigenvalue weighted by atomic mass is 9.92. The van der Waals surface area contributed by atoms with E-state index in [1.54, 1.807) is 19.1 Å². The lowest BCUT2D eigenvalue weighted by Gasteiger charge is -2.22. The Labute approximate surface area is 496 Å². The minimum atomic E-state index is -1.78. The van der Waals surface area contributed by atoms with Crippen LogP contribution in [-0.2, 0) is 20.7 Å². The second-order valence-corrected chi connectivity index (χ2v) is 24.1. The molecule has 3 aliphatic carbocycles. The standard InChI is InChI=1S/C23H23N5O3.C22H23N5O2.C19H16BrN5/c1-12-5-8-15(23(3,30)22(29)31-4)11-16(12)20-27-26-19-13(2)24-18-10-9-17(14-6-7-14)25-21(18)28(19)20;1-12-4-7-15(22(3,29)11-28)10-16(12)20-26-25-19-13(2)23-18-9-8-17(14-5-6-14)24-21(18)27(19)20;1-10-3-6-13(20)9-14(10)18-24-23-17-11(2)21-16-8-7-15(12-4-5-12)22-19(16)25(17)18/h5,8-11,14,30H,6-7H2,1-4H3;4,7-10,14,28-29H,5-6,11H2,1-3H3;3,6-9,12H,4-5H2,1-2H3. The van der Waals surface area contributed by atoms with Crippen LogP contribution < -0.4 is 0 Å². The van der Waals surface area contributed by atoms with Crippen LogP contribution in [0.1, 0.15) is 132 Å². The van der Waals surface area contributed by atoms with Crippen LogP contribution in [0.2, 0.25) is 0 Å². The number of fused-ring (bicyclic) bond motifs is 9. The molecule has 2 unspecified atom stereocenters. The van der Waals surface area contributed by atoms with Gasteiger partial charge in [-0.1, -0.05) is 46.3 Å². The molecule has 0 saturated heterocycles. The fraction of sp³-hybridized carbons (Fsp3) is 0.328. The number of hydrogen-bond acceptors (Lipinski definition) is 17. The summed E-state index contributed by atoms with van der Waals surface area (Å²) >= 11 is 3.56. The van der Waals surface area contributed by atoms with E-state index in [4.69, 9.17) is 19.7 Å². The first-order valence-electron chi connectivity index (χ1n) is 28.5. The normalized spacial score (nSPS) is 15.7. The van der Waals surface area contributed by atoms with E-state index >= 15 is 0 Å². The molecule has 0 amide bonds. The Bertz CT molecular complexity index is 4690. The second kappa shape index (κ2) is 21.2. The first-order chi connectivity index (χ1) is 40.8. The predicted molar refractivity (Wildman–Crippen MR) is 325 cm³/mol. The average Bonchev–Trinajstić information content (AvgIpc) is 2.30. The molecule has 20 nitrogen and oxygen atoms in total. The molecule has 3 saturated carbocycles. The van der Waals surface area contributed by atoms with E-state index in [0.717, 1.165) is 124 Å². The Morgan fingerprint density at radius 2 is 0.847 bits per heavy atom. The van der Waals surface area contributed by atoms with Crippen LogP contribution in [0.15, 0.2) is 95.5 Å². The van der Waals surface area contributed by atoms with Crippen molar-refractivity contribution in [1.82, 2.24) is 73.7 Å². The molecule has 3 fully saturated rings. The number of hydrogen-bond donors (Lipinski definition) is 3. The first kappa shape index (κ1) is 55.6. The van der Waals surface area contributed by atoms with Gasteiger partial charge in [-0.15, -0.1) is 30.6 Å². The summed E-state index contributed by atoms with van der Waals surface area (Å²) in [5.74, 6) is 2.95. The largest absolute Gasteiger partial charge is 0.467 e. The molecule has 21 heteroatoms. The molecule has 0 spiro atoms. The van der Waals surface area contributed by atoms with E-state index in [0.29, 0.717) is 57.5 Å². The number of esters is 1. The molecule has 15 rings (SSSR count). The number of carbonyl (C=O) groups is 1. The van der Waals surface area contributed by atoms with Gasteiger partial charge in [-0.2, -0.15) is 0 Å². The van der Waals surface area contributed by atoms with Gasteiger partial charge >= 0.3 is 5.97 Å². The molecular formula is C64H62BrN15O5. The van der Waals surface area contributed by atoms with E-state index < -0.39 is 17.2 Å². The lowest BCUT2D eigenvalue weighted by Crippen LogP contribution is -2.33. The maximum atomic E-state index is 12.1. The minimum Gasteiger partial charge on any atom is -0.467 e. The monoisotopic (exact) mass is 1200 g/mol. The van der Waals surface area contributed by atoms with Gasteiger partial charge in [-0.25, -0.2) is 34.7 Å². The summed E-state index contributed by atoms with van der Waals surface area (Å²) in [4.78, 5) is 40.9. The number of aliphatic hydroxyl groups is 3. The summed E-state index contributed by atoms with van der Waals surface area (Å²) in [6, 6.07) is 29.4. The van der Waals surface area contributed by atoms with Crippen molar-refractivity contribution < 1.29 is 24.9 Å². The summed E-state index contributed by atoms with van der Waals surface area (Å²) in [5.41, 5.74) is 16.1. The van der Waals surface area contributed by atoms with Crippen LogP contribution >= 0.6 is 15.9 Å². The minimum absolute atomic E-state index is 0.367. The number of carbonyl (C=O) groups excluding carboxylic acids is 1. The fourth-order valence-electron chi connectivity index (χ4n) is 10.9. The lowest BCUT2D eigenvalue weighted by molar-refractivity contribution is -0.161. The number of aryl methyl sites for hydroxylation is 6. The Morgan fingerprint density at radius 1 is 0.494 bits per heavy atom. The molecule has 12 aromatic rings. The molecule has 0 bridgehead atoms. The highest BCUT2D eigenvalue weighted by Crippen LogP contribution is 2.42. The molecule has 9 heterocycles. The SMILES string of the molecule is COC(=O)C(C)(O)c1ccc(C)c(-c2nnc3c(C)nc4ccc(C5CC5)nc4n23)c1.Cc1ccc(Br)cc1-c1nnc2c(C)nc3ccc(C4CC4)nc3n12.Cc1ccc(C(C)(O)CO)cc1-c1nnc2c(C)nc3ccc(C4CC4)nc3n12. The molecule has 2 atom stereocenters. The Hall–Kier alpha value is -8.63. The number of methoxy groups -OCH3 is 1. The maximum absolute atomic E-state index is 12.1. The summed E-state index contributed by atoms with van der Waals surface area (Å²) in [6.45, 7) is 14.5. The number of rotatable bonds is 10. The van der Waals surface area contributed by atoms with E-state index in [-0.39, 0.29) is 6.61 Å². The maximum Gasteiger partial charge on any atom is 0.342 e. The van der Waals surface area contributed by atoms with Crippen LogP contribution in [0.3, 0.4) is 0 Å². The van der Waals surface area contributed by atoms with Crippen molar-refractivity contribution in [3.05, 3.63) is 157 Å². The van der Waals surface area contributed by atoms with Gasteiger partial charge in [0.25, 0.3) is 0 Å². The molecule has 3 N–H and O–H groups in total. The molecule has 3 aliphatic rings. The van der Waals surface area contributed by atoms with Gasteiger partial charge in [-0.05, 0) is 182 Å².